The first-order valence-corrected chi connectivity index (χ1v) is 9.22. The molecule has 2 aromatic carbocycles. The molecule has 0 N–H and O–H groups in total. The fraction of sp³-hybridized carbons (Fsp3) is 0.217. The van der Waals surface area contributed by atoms with Crippen LogP contribution in [0.2, 0.25) is 0 Å². The molecule has 1 heterocycles. The fourth-order valence-corrected chi connectivity index (χ4v) is 2.88. The van der Waals surface area contributed by atoms with Gasteiger partial charge in [0.2, 0.25) is 0 Å². The Balaban J connectivity index is 1.64. The second-order valence-corrected chi connectivity index (χ2v) is 6.28. The summed E-state index contributed by atoms with van der Waals surface area (Å²) in [5.74, 6) is 0.179. The predicted molar refractivity (Wildman–Crippen MR) is 105 cm³/mol. The first kappa shape index (κ1) is 19.5. The summed E-state index contributed by atoms with van der Waals surface area (Å²) in [5.41, 5.74) is 3.58. The number of hydrogen-bond acceptors (Lipinski definition) is 4. The number of rotatable bonds is 8. The second-order valence-electron chi connectivity index (χ2n) is 6.28. The number of carbonyl (C=O) groups is 1. The number of nitrogens with zero attached hydrogens (tertiary/aromatic N) is 1. The zero-order valence-corrected chi connectivity index (χ0v) is 15.7. The summed E-state index contributed by atoms with van der Waals surface area (Å²) in [6, 6.07) is 16.0. The standard InChI is InChI=1S/C23H22FNO3/c1-2-27-23(26)12-7-17-5-9-21(10-6-17)28-16-19-14-20(24)8-11-22(19)18-4-3-13-25-15-18/h3-6,8-11,13-15H,2,7,12,16H2,1H3. The highest BCUT2D eigenvalue weighted by molar-refractivity contribution is 5.69. The smallest absolute Gasteiger partial charge is 0.306 e. The Morgan fingerprint density at radius 2 is 1.93 bits per heavy atom. The Hall–Kier alpha value is -3.21. The van der Waals surface area contributed by atoms with E-state index in [4.69, 9.17) is 9.47 Å². The molecule has 0 atom stereocenters. The van der Waals surface area contributed by atoms with Crippen molar-refractivity contribution in [3.63, 3.8) is 0 Å². The maximum Gasteiger partial charge on any atom is 0.306 e. The predicted octanol–water partition coefficient (Wildman–Crippen LogP) is 4.96. The number of benzene rings is 2. The van der Waals surface area contributed by atoms with Crippen molar-refractivity contribution in [1.82, 2.24) is 4.98 Å². The van der Waals surface area contributed by atoms with Crippen LogP contribution in [0.25, 0.3) is 11.1 Å². The molecule has 0 bridgehead atoms. The highest BCUT2D eigenvalue weighted by Crippen LogP contribution is 2.25. The molecule has 3 rings (SSSR count). The van der Waals surface area contributed by atoms with E-state index in [2.05, 4.69) is 4.98 Å². The summed E-state index contributed by atoms with van der Waals surface area (Å²) in [6.45, 7) is 2.43. The molecule has 0 aliphatic rings. The summed E-state index contributed by atoms with van der Waals surface area (Å²) in [7, 11) is 0. The first-order valence-electron chi connectivity index (χ1n) is 9.22. The van der Waals surface area contributed by atoms with Gasteiger partial charge in [-0.25, -0.2) is 4.39 Å². The minimum atomic E-state index is -0.305. The van der Waals surface area contributed by atoms with Gasteiger partial charge < -0.3 is 9.47 Å². The van der Waals surface area contributed by atoms with E-state index < -0.39 is 0 Å². The van der Waals surface area contributed by atoms with Crippen molar-refractivity contribution in [3.8, 4) is 16.9 Å². The SMILES string of the molecule is CCOC(=O)CCc1ccc(OCc2cc(F)ccc2-c2cccnc2)cc1. The van der Waals surface area contributed by atoms with Gasteiger partial charge in [-0.1, -0.05) is 24.3 Å². The molecule has 0 aliphatic carbocycles. The molecule has 0 saturated heterocycles. The molecule has 0 spiro atoms. The van der Waals surface area contributed by atoms with E-state index in [-0.39, 0.29) is 18.4 Å². The number of aryl methyl sites for hydroxylation is 1. The molecule has 4 nitrogen and oxygen atoms in total. The maximum absolute atomic E-state index is 13.7. The van der Waals surface area contributed by atoms with Crippen molar-refractivity contribution in [1.29, 1.82) is 0 Å². The Bertz CT molecular complexity index is 911. The van der Waals surface area contributed by atoms with Crippen LogP contribution >= 0.6 is 0 Å². The Morgan fingerprint density at radius 1 is 1.11 bits per heavy atom. The normalized spacial score (nSPS) is 10.5. The van der Waals surface area contributed by atoms with E-state index >= 15 is 0 Å². The lowest BCUT2D eigenvalue weighted by Gasteiger charge is -2.12. The van der Waals surface area contributed by atoms with E-state index in [0.717, 1.165) is 22.3 Å². The summed E-state index contributed by atoms with van der Waals surface area (Å²) in [5, 5.41) is 0. The van der Waals surface area contributed by atoms with Crippen LogP contribution < -0.4 is 4.74 Å². The van der Waals surface area contributed by atoms with Crippen LogP contribution in [0.15, 0.2) is 67.0 Å². The van der Waals surface area contributed by atoms with Gasteiger partial charge >= 0.3 is 5.97 Å². The third-order valence-electron chi connectivity index (χ3n) is 4.28. The van der Waals surface area contributed by atoms with Gasteiger partial charge in [-0.3, -0.25) is 9.78 Å². The van der Waals surface area contributed by atoms with Crippen molar-refractivity contribution in [2.75, 3.05) is 6.61 Å². The van der Waals surface area contributed by atoms with Gasteiger partial charge in [0, 0.05) is 29.9 Å². The van der Waals surface area contributed by atoms with Gasteiger partial charge in [0.1, 0.15) is 18.2 Å². The first-order chi connectivity index (χ1) is 13.7. The van der Waals surface area contributed by atoms with Crippen molar-refractivity contribution in [2.24, 2.45) is 0 Å². The molecule has 0 amide bonds. The van der Waals surface area contributed by atoms with Gasteiger partial charge in [0.25, 0.3) is 0 Å². The summed E-state index contributed by atoms with van der Waals surface area (Å²) >= 11 is 0. The lowest BCUT2D eigenvalue weighted by Crippen LogP contribution is -2.05. The average Bonchev–Trinajstić information content (AvgIpc) is 2.72. The minimum absolute atomic E-state index is 0.197. The monoisotopic (exact) mass is 379 g/mol. The van der Waals surface area contributed by atoms with Crippen LogP contribution in [0.4, 0.5) is 4.39 Å². The molecule has 0 unspecified atom stereocenters. The lowest BCUT2D eigenvalue weighted by atomic mass is 10.0. The van der Waals surface area contributed by atoms with Gasteiger partial charge in [0.15, 0.2) is 0 Å². The molecule has 0 radical (unpaired) electrons. The molecular formula is C23H22FNO3. The number of carbonyl (C=O) groups excluding carboxylic acids is 1. The van der Waals surface area contributed by atoms with E-state index in [1.165, 1.54) is 12.1 Å². The molecule has 5 heteroatoms. The van der Waals surface area contributed by atoms with Gasteiger partial charge in [-0.15, -0.1) is 0 Å². The third kappa shape index (κ3) is 5.39. The lowest BCUT2D eigenvalue weighted by molar-refractivity contribution is -0.143. The quantitative estimate of drug-likeness (QED) is 0.519. The van der Waals surface area contributed by atoms with E-state index in [1.807, 2.05) is 36.4 Å². The molecule has 0 aliphatic heterocycles. The number of halogens is 1. The number of esters is 1. The molecule has 1 aromatic heterocycles. The van der Waals surface area contributed by atoms with Crippen LogP contribution in [0.1, 0.15) is 24.5 Å². The van der Waals surface area contributed by atoms with Gasteiger partial charge in [-0.05, 0) is 54.8 Å². The fourth-order valence-electron chi connectivity index (χ4n) is 2.88. The summed E-state index contributed by atoms with van der Waals surface area (Å²) in [4.78, 5) is 15.6. The van der Waals surface area contributed by atoms with Crippen LogP contribution in [-0.2, 0) is 22.6 Å². The summed E-state index contributed by atoms with van der Waals surface area (Å²) < 4.78 is 24.5. The molecule has 3 aromatic rings. The van der Waals surface area contributed by atoms with Crippen LogP contribution in [0.3, 0.4) is 0 Å². The van der Waals surface area contributed by atoms with Gasteiger partial charge in [-0.2, -0.15) is 0 Å². The van der Waals surface area contributed by atoms with E-state index in [9.17, 15) is 9.18 Å². The van der Waals surface area contributed by atoms with Crippen molar-refractivity contribution in [2.45, 2.75) is 26.4 Å². The average molecular weight is 379 g/mol. The highest BCUT2D eigenvalue weighted by atomic mass is 19.1. The minimum Gasteiger partial charge on any atom is -0.489 e. The van der Waals surface area contributed by atoms with Crippen molar-refractivity contribution >= 4 is 5.97 Å². The molecule has 144 valence electrons. The molecule has 0 saturated carbocycles. The Labute approximate surface area is 164 Å². The largest absolute Gasteiger partial charge is 0.489 e. The van der Waals surface area contributed by atoms with Crippen LogP contribution in [0.5, 0.6) is 5.75 Å². The van der Waals surface area contributed by atoms with Crippen molar-refractivity contribution in [3.05, 3.63) is 83.9 Å². The van der Waals surface area contributed by atoms with E-state index in [1.54, 1.807) is 25.4 Å². The second kappa shape index (κ2) is 9.65. The molecule has 0 fully saturated rings. The molecular weight excluding hydrogens is 357 g/mol. The summed E-state index contributed by atoms with van der Waals surface area (Å²) in [6.07, 6.45) is 4.42. The van der Waals surface area contributed by atoms with Crippen LogP contribution in [-0.4, -0.2) is 17.6 Å². The maximum atomic E-state index is 13.7. The zero-order valence-electron chi connectivity index (χ0n) is 15.7. The Kier molecular flexibility index (Phi) is 6.73. The van der Waals surface area contributed by atoms with E-state index in [0.29, 0.717) is 25.2 Å². The number of hydrogen-bond donors (Lipinski definition) is 0. The number of pyridine rings is 1. The number of aromatic nitrogens is 1. The molecule has 28 heavy (non-hydrogen) atoms. The Morgan fingerprint density at radius 3 is 2.64 bits per heavy atom. The van der Waals surface area contributed by atoms with Gasteiger partial charge in [0.05, 0.1) is 6.61 Å². The highest BCUT2D eigenvalue weighted by Gasteiger charge is 2.08. The van der Waals surface area contributed by atoms with Crippen LogP contribution in [0, 0.1) is 5.82 Å². The third-order valence-corrected chi connectivity index (χ3v) is 4.28. The van der Waals surface area contributed by atoms with Crippen molar-refractivity contribution < 1.29 is 18.7 Å². The zero-order chi connectivity index (χ0) is 19.8. The number of ether oxygens (including phenoxy) is 2. The topological polar surface area (TPSA) is 48.4 Å².